The van der Waals surface area contributed by atoms with E-state index in [0.29, 0.717) is 44.8 Å². The molecule has 2 aliphatic rings. The van der Waals surface area contributed by atoms with Gasteiger partial charge in [0.05, 0.1) is 0 Å². The van der Waals surface area contributed by atoms with Crippen LogP contribution in [0.1, 0.15) is 16.9 Å². The molecule has 0 saturated carbocycles. The van der Waals surface area contributed by atoms with Gasteiger partial charge in [-0.05, 0) is 12.1 Å². The Morgan fingerprint density at radius 2 is 2.00 bits per heavy atom. The number of hydrogen-bond acceptors (Lipinski definition) is 4. The third-order valence-electron chi connectivity index (χ3n) is 4.56. The Labute approximate surface area is 140 Å². The van der Waals surface area contributed by atoms with Crippen molar-refractivity contribution < 1.29 is 14.4 Å². The van der Waals surface area contributed by atoms with E-state index in [2.05, 4.69) is 15.6 Å². The van der Waals surface area contributed by atoms with Crippen LogP contribution >= 0.6 is 0 Å². The van der Waals surface area contributed by atoms with Gasteiger partial charge in [0.25, 0.3) is 5.91 Å². The molecule has 128 valence electrons. The second kappa shape index (κ2) is 6.46. The molecule has 1 aromatic rings. The minimum atomic E-state index is -0.454. The summed E-state index contributed by atoms with van der Waals surface area (Å²) in [6.45, 7) is 2.17. The molecular formula is C16H21N5O3. The van der Waals surface area contributed by atoms with Gasteiger partial charge in [-0.3, -0.25) is 14.6 Å². The fraction of sp³-hybridized carbons (Fsp3) is 0.500. The quantitative estimate of drug-likeness (QED) is 0.738. The highest BCUT2D eigenvalue weighted by molar-refractivity contribution is 5.92. The lowest BCUT2D eigenvalue weighted by molar-refractivity contribution is -0.119. The lowest BCUT2D eigenvalue weighted by atomic mass is 9.86. The van der Waals surface area contributed by atoms with Gasteiger partial charge in [-0.2, -0.15) is 0 Å². The number of amides is 4. The van der Waals surface area contributed by atoms with Crippen LogP contribution < -0.4 is 10.6 Å². The van der Waals surface area contributed by atoms with E-state index in [9.17, 15) is 14.4 Å². The van der Waals surface area contributed by atoms with Crippen molar-refractivity contribution in [1.82, 2.24) is 25.4 Å². The minimum Gasteiger partial charge on any atom is -0.355 e. The summed E-state index contributed by atoms with van der Waals surface area (Å²) in [5, 5.41) is 5.46. The molecule has 2 aliphatic heterocycles. The summed E-state index contributed by atoms with van der Waals surface area (Å²) in [5.74, 6) is -0.216. The van der Waals surface area contributed by atoms with E-state index < -0.39 is 5.41 Å². The molecule has 3 heterocycles. The molecule has 3 rings (SSSR count). The molecule has 0 aliphatic carbocycles. The Bertz CT molecular complexity index is 650. The predicted molar refractivity (Wildman–Crippen MR) is 86.2 cm³/mol. The summed E-state index contributed by atoms with van der Waals surface area (Å²) in [6.07, 6.45) is 1.89. The molecular weight excluding hydrogens is 310 g/mol. The minimum absolute atomic E-state index is 0.0426. The zero-order valence-electron chi connectivity index (χ0n) is 13.6. The molecule has 1 atom stereocenters. The van der Waals surface area contributed by atoms with Gasteiger partial charge in [0.2, 0.25) is 5.91 Å². The first-order chi connectivity index (χ1) is 11.5. The van der Waals surface area contributed by atoms with Crippen LogP contribution in [0.5, 0.6) is 0 Å². The summed E-state index contributed by atoms with van der Waals surface area (Å²) in [6, 6.07) is 5.01. The standard InChI is InChI=1S/C16H21N5O3/c1-17-15(24)21-7-6-20(14(23)12-4-2-3-5-18-12)10-16(11-21)8-13(22)19-9-16/h2-5H,6-11H2,1H3,(H,17,24)(H,19,22)/t16-/m1/s1. The van der Waals surface area contributed by atoms with Crippen LogP contribution in [0.25, 0.3) is 0 Å². The summed E-state index contributed by atoms with van der Waals surface area (Å²) in [7, 11) is 1.58. The fourth-order valence-electron chi connectivity index (χ4n) is 3.39. The molecule has 24 heavy (non-hydrogen) atoms. The Morgan fingerprint density at radius 1 is 1.25 bits per heavy atom. The maximum atomic E-state index is 12.8. The number of carbonyl (C=O) groups excluding carboxylic acids is 3. The van der Waals surface area contributed by atoms with Crippen molar-refractivity contribution in [2.45, 2.75) is 6.42 Å². The summed E-state index contributed by atoms with van der Waals surface area (Å²) in [5.41, 5.74) is -0.0804. The SMILES string of the molecule is CNC(=O)N1CCN(C(=O)c2ccccn2)C[C@@]2(CNC(=O)C2)C1. The Morgan fingerprint density at radius 3 is 2.62 bits per heavy atom. The van der Waals surface area contributed by atoms with Gasteiger partial charge in [0.15, 0.2) is 0 Å². The molecule has 8 nitrogen and oxygen atoms in total. The zero-order valence-corrected chi connectivity index (χ0v) is 13.6. The van der Waals surface area contributed by atoms with E-state index in [1.165, 1.54) is 0 Å². The van der Waals surface area contributed by atoms with Crippen LogP contribution in [-0.2, 0) is 4.79 Å². The first-order valence-electron chi connectivity index (χ1n) is 7.97. The van der Waals surface area contributed by atoms with Gasteiger partial charge in [0.1, 0.15) is 5.69 Å². The number of pyridine rings is 1. The lowest BCUT2D eigenvalue weighted by Crippen LogP contribution is -2.47. The lowest BCUT2D eigenvalue weighted by Gasteiger charge is -2.32. The van der Waals surface area contributed by atoms with Crippen LogP contribution in [0.4, 0.5) is 4.79 Å². The average Bonchev–Trinajstić information content (AvgIpc) is 2.85. The van der Waals surface area contributed by atoms with Crippen molar-refractivity contribution >= 4 is 17.8 Å². The normalized spacial score (nSPS) is 23.8. The van der Waals surface area contributed by atoms with Gasteiger partial charge >= 0.3 is 6.03 Å². The first-order valence-corrected chi connectivity index (χ1v) is 7.97. The highest BCUT2D eigenvalue weighted by Crippen LogP contribution is 2.31. The average molecular weight is 331 g/mol. The number of aromatic nitrogens is 1. The van der Waals surface area contributed by atoms with Crippen molar-refractivity contribution in [2.75, 3.05) is 39.8 Å². The summed E-state index contributed by atoms with van der Waals surface area (Å²) >= 11 is 0. The van der Waals surface area contributed by atoms with Crippen LogP contribution in [-0.4, -0.2) is 72.4 Å². The summed E-state index contributed by atoms with van der Waals surface area (Å²) in [4.78, 5) is 44.1. The monoisotopic (exact) mass is 331 g/mol. The van der Waals surface area contributed by atoms with Crippen molar-refractivity contribution in [3.63, 3.8) is 0 Å². The number of nitrogens with zero attached hydrogens (tertiary/aromatic N) is 3. The predicted octanol–water partition coefficient (Wildman–Crippen LogP) is -0.315. The highest BCUT2D eigenvalue weighted by Gasteiger charge is 2.44. The topological polar surface area (TPSA) is 94.6 Å². The Balaban J connectivity index is 1.85. The smallest absolute Gasteiger partial charge is 0.317 e. The Hall–Kier alpha value is -2.64. The van der Waals surface area contributed by atoms with Crippen molar-refractivity contribution in [3.05, 3.63) is 30.1 Å². The molecule has 4 amide bonds. The van der Waals surface area contributed by atoms with E-state index in [1.54, 1.807) is 41.2 Å². The molecule has 2 saturated heterocycles. The molecule has 0 radical (unpaired) electrons. The molecule has 0 bridgehead atoms. The molecule has 2 fully saturated rings. The van der Waals surface area contributed by atoms with Crippen LogP contribution in [0.2, 0.25) is 0 Å². The maximum Gasteiger partial charge on any atom is 0.317 e. The largest absolute Gasteiger partial charge is 0.355 e. The number of rotatable bonds is 1. The second-order valence-electron chi connectivity index (χ2n) is 6.37. The van der Waals surface area contributed by atoms with E-state index in [-0.39, 0.29) is 17.8 Å². The maximum absolute atomic E-state index is 12.8. The van der Waals surface area contributed by atoms with Crippen LogP contribution in [0.15, 0.2) is 24.4 Å². The van der Waals surface area contributed by atoms with Crippen molar-refractivity contribution in [3.8, 4) is 0 Å². The fourth-order valence-corrected chi connectivity index (χ4v) is 3.39. The number of nitrogens with one attached hydrogen (secondary N) is 2. The van der Waals surface area contributed by atoms with Gasteiger partial charge in [-0.25, -0.2) is 4.79 Å². The van der Waals surface area contributed by atoms with E-state index in [1.807, 2.05) is 0 Å². The van der Waals surface area contributed by atoms with Gasteiger partial charge < -0.3 is 20.4 Å². The molecule has 1 spiro atoms. The second-order valence-corrected chi connectivity index (χ2v) is 6.37. The highest BCUT2D eigenvalue weighted by atomic mass is 16.2. The van der Waals surface area contributed by atoms with Gasteiger partial charge in [-0.1, -0.05) is 6.07 Å². The van der Waals surface area contributed by atoms with E-state index >= 15 is 0 Å². The zero-order chi connectivity index (χ0) is 17.2. The summed E-state index contributed by atoms with van der Waals surface area (Å²) < 4.78 is 0. The van der Waals surface area contributed by atoms with Crippen molar-refractivity contribution in [2.24, 2.45) is 5.41 Å². The van der Waals surface area contributed by atoms with Gasteiger partial charge in [0, 0.05) is 57.8 Å². The molecule has 1 aromatic heterocycles. The van der Waals surface area contributed by atoms with E-state index in [0.717, 1.165) is 0 Å². The van der Waals surface area contributed by atoms with Gasteiger partial charge in [-0.15, -0.1) is 0 Å². The molecule has 8 heteroatoms. The number of urea groups is 1. The third kappa shape index (κ3) is 3.17. The van der Waals surface area contributed by atoms with Crippen LogP contribution in [0.3, 0.4) is 0 Å². The molecule has 0 unspecified atom stereocenters. The van der Waals surface area contributed by atoms with Crippen molar-refractivity contribution in [1.29, 1.82) is 0 Å². The van der Waals surface area contributed by atoms with E-state index in [4.69, 9.17) is 0 Å². The Kier molecular flexibility index (Phi) is 4.37. The molecule has 2 N–H and O–H groups in total. The number of hydrogen-bond donors (Lipinski definition) is 2. The van der Waals surface area contributed by atoms with Crippen LogP contribution in [0, 0.1) is 5.41 Å². The number of carbonyl (C=O) groups is 3. The first kappa shape index (κ1) is 16.2. The third-order valence-corrected chi connectivity index (χ3v) is 4.56. The molecule has 0 aromatic carbocycles.